The minimum Gasteiger partial charge on any atom is -0.335 e. The summed E-state index contributed by atoms with van der Waals surface area (Å²) in [6, 6.07) is 3.53. The van der Waals surface area contributed by atoms with Crippen LogP contribution in [0.3, 0.4) is 0 Å². The van der Waals surface area contributed by atoms with E-state index < -0.39 is 21.8 Å². The molecule has 4 nitrogen and oxygen atoms in total. The molecule has 0 unspecified atom stereocenters. The minimum absolute atomic E-state index is 0.144. The summed E-state index contributed by atoms with van der Waals surface area (Å²) in [4.78, 5) is 1.34. The van der Waals surface area contributed by atoms with E-state index in [0.717, 1.165) is 50.3 Å². The van der Waals surface area contributed by atoms with Crippen molar-refractivity contribution >= 4 is 10.0 Å². The van der Waals surface area contributed by atoms with Crippen LogP contribution < -0.4 is 9.62 Å². The molecule has 124 valence electrons. The molecular formula is C14H20F3N2O2S+. The first-order chi connectivity index (χ1) is 10.3. The summed E-state index contributed by atoms with van der Waals surface area (Å²) >= 11 is 0. The summed E-state index contributed by atoms with van der Waals surface area (Å²) in [6.07, 6.45) is -1.32. The third kappa shape index (κ3) is 4.69. The number of rotatable bonds is 6. The molecule has 1 fully saturated rings. The molecule has 1 aliphatic heterocycles. The molecule has 0 bridgehead atoms. The number of hydrogen-bond acceptors (Lipinski definition) is 2. The summed E-state index contributed by atoms with van der Waals surface area (Å²) in [5.74, 6) is 0. The van der Waals surface area contributed by atoms with Crippen LogP contribution in [0, 0.1) is 0 Å². The second kappa shape index (κ2) is 6.97. The van der Waals surface area contributed by atoms with E-state index in [1.54, 1.807) is 0 Å². The fourth-order valence-electron chi connectivity index (χ4n) is 2.58. The van der Waals surface area contributed by atoms with Crippen LogP contribution in [-0.2, 0) is 16.2 Å². The zero-order chi connectivity index (χ0) is 16.2. The van der Waals surface area contributed by atoms with Crippen LogP contribution in [0.25, 0.3) is 0 Å². The molecule has 8 heteroatoms. The number of sulfonamides is 1. The number of alkyl halides is 3. The average molecular weight is 337 g/mol. The number of nitrogens with one attached hydrogen (secondary N) is 2. The molecule has 0 atom stereocenters. The minimum atomic E-state index is -4.46. The van der Waals surface area contributed by atoms with Crippen molar-refractivity contribution < 1.29 is 26.5 Å². The Morgan fingerprint density at radius 1 is 1.09 bits per heavy atom. The van der Waals surface area contributed by atoms with E-state index in [1.807, 2.05) is 0 Å². The SMILES string of the molecule is O=S(=O)(NCCC[NH+]1CCCC1)c1ccc(C(F)(F)F)cc1. The van der Waals surface area contributed by atoms with Crippen LogP contribution >= 0.6 is 0 Å². The van der Waals surface area contributed by atoms with Gasteiger partial charge in [0.25, 0.3) is 0 Å². The van der Waals surface area contributed by atoms with Gasteiger partial charge in [0.2, 0.25) is 10.0 Å². The molecule has 0 saturated carbocycles. The highest BCUT2D eigenvalue weighted by Gasteiger charge is 2.30. The van der Waals surface area contributed by atoms with Gasteiger partial charge < -0.3 is 4.90 Å². The molecule has 0 radical (unpaired) electrons. The number of benzene rings is 1. The standard InChI is InChI=1S/C14H19F3N2O2S/c15-14(16,17)12-4-6-13(7-5-12)22(20,21)18-8-3-11-19-9-1-2-10-19/h4-7,18H,1-3,8-11H2/p+1. The van der Waals surface area contributed by atoms with E-state index >= 15 is 0 Å². The van der Waals surface area contributed by atoms with Crippen LogP contribution in [0.5, 0.6) is 0 Å². The normalized spacial score (nSPS) is 17.0. The molecule has 2 N–H and O–H groups in total. The van der Waals surface area contributed by atoms with E-state index in [1.165, 1.54) is 17.7 Å². The van der Waals surface area contributed by atoms with Crippen molar-refractivity contribution in [2.24, 2.45) is 0 Å². The fourth-order valence-corrected chi connectivity index (χ4v) is 3.65. The quantitative estimate of drug-likeness (QED) is 0.763. The van der Waals surface area contributed by atoms with Gasteiger partial charge in [0, 0.05) is 25.8 Å². The summed E-state index contributed by atoms with van der Waals surface area (Å²) in [6.45, 7) is 3.47. The summed E-state index contributed by atoms with van der Waals surface area (Å²) in [5.41, 5.74) is -0.857. The Bertz CT molecular complexity index is 579. The predicted molar refractivity (Wildman–Crippen MR) is 76.0 cm³/mol. The van der Waals surface area contributed by atoms with Gasteiger partial charge in [-0.3, -0.25) is 0 Å². The molecule has 2 rings (SSSR count). The lowest BCUT2D eigenvalue weighted by atomic mass is 10.2. The van der Waals surface area contributed by atoms with Gasteiger partial charge in [0.15, 0.2) is 0 Å². The Hall–Kier alpha value is -1.12. The lowest BCUT2D eigenvalue weighted by Gasteiger charge is -2.12. The smallest absolute Gasteiger partial charge is 0.335 e. The van der Waals surface area contributed by atoms with Crippen LogP contribution in [0.2, 0.25) is 0 Å². The third-order valence-corrected chi connectivity index (χ3v) is 5.28. The van der Waals surface area contributed by atoms with Gasteiger partial charge in [-0.25, -0.2) is 13.1 Å². The molecular weight excluding hydrogens is 317 g/mol. The maximum atomic E-state index is 12.4. The summed E-state index contributed by atoms with van der Waals surface area (Å²) in [5, 5.41) is 0. The van der Waals surface area contributed by atoms with E-state index in [9.17, 15) is 21.6 Å². The Labute approximate surface area is 128 Å². The Morgan fingerprint density at radius 3 is 2.23 bits per heavy atom. The van der Waals surface area contributed by atoms with E-state index in [4.69, 9.17) is 0 Å². The molecule has 22 heavy (non-hydrogen) atoms. The van der Waals surface area contributed by atoms with Gasteiger partial charge in [-0.15, -0.1) is 0 Å². The van der Waals surface area contributed by atoms with E-state index in [2.05, 4.69) is 4.72 Å². The Kier molecular flexibility index (Phi) is 5.46. The molecule has 0 amide bonds. The lowest BCUT2D eigenvalue weighted by molar-refractivity contribution is -0.887. The predicted octanol–water partition coefficient (Wildman–Crippen LogP) is 1.05. The molecule has 1 aliphatic rings. The first-order valence-electron chi connectivity index (χ1n) is 7.29. The van der Waals surface area contributed by atoms with Gasteiger partial charge in [0.1, 0.15) is 0 Å². The van der Waals surface area contributed by atoms with Crippen molar-refractivity contribution in [2.75, 3.05) is 26.2 Å². The van der Waals surface area contributed by atoms with Gasteiger partial charge in [0.05, 0.1) is 30.1 Å². The van der Waals surface area contributed by atoms with E-state index in [-0.39, 0.29) is 4.90 Å². The Balaban J connectivity index is 1.86. The van der Waals surface area contributed by atoms with Crippen molar-refractivity contribution in [1.29, 1.82) is 0 Å². The Morgan fingerprint density at radius 2 is 1.68 bits per heavy atom. The average Bonchev–Trinajstić information content (AvgIpc) is 2.96. The maximum Gasteiger partial charge on any atom is 0.416 e. The van der Waals surface area contributed by atoms with Crippen LogP contribution in [0.4, 0.5) is 13.2 Å². The summed E-state index contributed by atoms with van der Waals surface area (Å²) < 4.78 is 63.8. The van der Waals surface area contributed by atoms with Gasteiger partial charge >= 0.3 is 6.18 Å². The third-order valence-electron chi connectivity index (χ3n) is 3.80. The molecule has 0 aliphatic carbocycles. The zero-order valence-electron chi connectivity index (χ0n) is 12.1. The fraction of sp³-hybridized carbons (Fsp3) is 0.571. The van der Waals surface area contributed by atoms with Crippen LogP contribution in [0.1, 0.15) is 24.8 Å². The van der Waals surface area contributed by atoms with Crippen molar-refractivity contribution in [3.05, 3.63) is 29.8 Å². The van der Waals surface area contributed by atoms with Gasteiger partial charge in [-0.2, -0.15) is 13.2 Å². The van der Waals surface area contributed by atoms with Crippen molar-refractivity contribution in [3.8, 4) is 0 Å². The number of quaternary nitrogens is 1. The van der Waals surface area contributed by atoms with Crippen molar-refractivity contribution in [2.45, 2.75) is 30.3 Å². The molecule has 1 aromatic carbocycles. The largest absolute Gasteiger partial charge is 0.416 e. The van der Waals surface area contributed by atoms with Crippen molar-refractivity contribution in [1.82, 2.24) is 4.72 Å². The number of halogens is 3. The zero-order valence-corrected chi connectivity index (χ0v) is 12.9. The highest BCUT2D eigenvalue weighted by atomic mass is 32.2. The van der Waals surface area contributed by atoms with Crippen molar-refractivity contribution in [3.63, 3.8) is 0 Å². The number of hydrogen-bond donors (Lipinski definition) is 2. The molecule has 0 spiro atoms. The topological polar surface area (TPSA) is 50.6 Å². The second-order valence-electron chi connectivity index (χ2n) is 5.48. The van der Waals surface area contributed by atoms with Gasteiger partial charge in [-0.05, 0) is 24.3 Å². The van der Waals surface area contributed by atoms with Crippen LogP contribution in [-0.4, -0.2) is 34.6 Å². The first-order valence-corrected chi connectivity index (χ1v) is 8.78. The lowest BCUT2D eigenvalue weighted by Crippen LogP contribution is -3.10. The molecule has 1 aromatic rings. The molecule has 0 aromatic heterocycles. The maximum absolute atomic E-state index is 12.4. The van der Waals surface area contributed by atoms with Gasteiger partial charge in [-0.1, -0.05) is 0 Å². The van der Waals surface area contributed by atoms with Crippen LogP contribution in [0.15, 0.2) is 29.2 Å². The first kappa shape index (κ1) is 17.2. The molecule has 1 heterocycles. The number of likely N-dealkylation sites (tertiary alicyclic amines) is 1. The highest BCUT2D eigenvalue weighted by Crippen LogP contribution is 2.29. The highest BCUT2D eigenvalue weighted by molar-refractivity contribution is 7.89. The second-order valence-corrected chi connectivity index (χ2v) is 7.25. The monoisotopic (exact) mass is 337 g/mol. The van der Waals surface area contributed by atoms with E-state index in [0.29, 0.717) is 6.54 Å². The molecule has 1 saturated heterocycles. The summed E-state index contributed by atoms with van der Waals surface area (Å²) in [7, 11) is -3.74.